The summed E-state index contributed by atoms with van der Waals surface area (Å²) in [6.45, 7) is -0.428. The molecule has 1 aliphatic carbocycles. The molecule has 1 aromatic carbocycles. The molecule has 8 heteroatoms. The minimum atomic E-state index is -1.09. The molecule has 3 rings (SSSR count). The van der Waals surface area contributed by atoms with Crippen LogP contribution >= 0.6 is 35.6 Å². The summed E-state index contributed by atoms with van der Waals surface area (Å²) in [6, 6.07) is 8.22. The summed E-state index contributed by atoms with van der Waals surface area (Å²) < 4.78 is 0.257. The van der Waals surface area contributed by atoms with Crippen molar-refractivity contribution < 1.29 is 14.7 Å². The van der Waals surface area contributed by atoms with Crippen LogP contribution in [0.5, 0.6) is 0 Å². The fraction of sp³-hybridized carbons (Fsp3) is 0.286. The Morgan fingerprint density at radius 2 is 1.97 bits per heavy atom. The number of thiocarbonyl (C=S) groups is 1. The number of anilines is 1. The van der Waals surface area contributed by atoms with E-state index in [1.165, 1.54) is 0 Å². The number of benzene rings is 1. The average Bonchev–Trinajstić information content (AvgIpc) is 2.92. The first-order valence-electron chi connectivity index (χ1n) is 9.10. The van der Waals surface area contributed by atoms with E-state index in [1.807, 2.05) is 19.0 Å². The predicted molar refractivity (Wildman–Crippen MR) is 123 cm³/mol. The molecule has 1 aliphatic heterocycles. The smallest absolute Gasteiger partial charge is 0.323 e. The van der Waals surface area contributed by atoms with Crippen LogP contribution in [0.3, 0.4) is 0 Å². The summed E-state index contributed by atoms with van der Waals surface area (Å²) in [6.07, 6.45) is 6.39. The highest BCUT2D eigenvalue weighted by molar-refractivity contribution is 8.26. The van der Waals surface area contributed by atoms with Gasteiger partial charge in [0.15, 0.2) is 0 Å². The van der Waals surface area contributed by atoms with Gasteiger partial charge in [-0.25, -0.2) is 0 Å². The Morgan fingerprint density at radius 1 is 1.28 bits per heavy atom. The molecule has 1 aromatic rings. The Bertz CT molecular complexity index is 949. The van der Waals surface area contributed by atoms with Gasteiger partial charge in [-0.15, -0.1) is 0 Å². The van der Waals surface area contributed by atoms with Crippen LogP contribution in [0.4, 0.5) is 5.69 Å². The number of rotatable bonds is 5. The summed E-state index contributed by atoms with van der Waals surface area (Å²) in [5.74, 6) is -1.47. The molecule has 5 nitrogen and oxygen atoms in total. The van der Waals surface area contributed by atoms with Gasteiger partial charge >= 0.3 is 5.97 Å². The largest absolute Gasteiger partial charge is 0.480 e. The number of carboxylic acid groups (broad SMARTS) is 1. The summed E-state index contributed by atoms with van der Waals surface area (Å²) in [5, 5.41) is 9.61. The number of hydrogen-bond acceptors (Lipinski definition) is 5. The number of aliphatic carboxylic acids is 1. The number of nitrogens with zero attached hydrogens (tertiary/aromatic N) is 2. The van der Waals surface area contributed by atoms with E-state index in [9.17, 15) is 9.59 Å². The summed E-state index contributed by atoms with van der Waals surface area (Å²) in [4.78, 5) is 27.0. The maximum absolute atomic E-state index is 12.5. The molecular formula is C21H21ClN2O3S2. The van der Waals surface area contributed by atoms with Crippen molar-refractivity contribution in [3.05, 3.63) is 57.0 Å². The Morgan fingerprint density at radius 3 is 2.59 bits per heavy atom. The molecule has 0 spiro atoms. The molecule has 29 heavy (non-hydrogen) atoms. The van der Waals surface area contributed by atoms with Crippen molar-refractivity contribution >= 4 is 63.5 Å². The normalized spacial score (nSPS) is 20.2. The van der Waals surface area contributed by atoms with Gasteiger partial charge in [0, 0.05) is 24.8 Å². The zero-order valence-electron chi connectivity index (χ0n) is 16.1. The van der Waals surface area contributed by atoms with E-state index in [-0.39, 0.29) is 10.2 Å². The van der Waals surface area contributed by atoms with E-state index in [1.54, 1.807) is 6.08 Å². The number of allylic oxidation sites excluding steroid dienone is 4. The van der Waals surface area contributed by atoms with Crippen LogP contribution in [0.25, 0.3) is 6.08 Å². The lowest BCUT2D eigenvalue weighted by molar-refractivity contribution is -0.140. The van der Waals surface area contributed by atoms with E-state index in [0.717, 1.165) is 58.3 Å². The van der Waals surface area contributed by atoms with Crippen LogP contribution in [0.2, 0.25) is 0 Å². The molecular weight excluding hydrogens is 428 g/mol. The minimum Gasteiger partial charge on any atom is -0.480 e. The van der Waals surface area contributed by atoms with Crippen LogP contribution in [-0.2, 0) is 9.59 Å². The summed E-state index contributed by atoms with van der Waals surface area (Å²) in [7, 11) is 4.00. The first kappa shape index (κ1) is 21.6. The third-order valence-corrected chi connectivity index (χ3v) is 6.54. The van der Waals surface area contributed by atoms with Gasteiger partial charge in [0.2, 0.25) is 0 Å². The lowest BCUT2D eigenvalue weighted by Gasteiger charge is -2.18. The summed E-state index contributed by atoms with van der Waals surface area (Å²) >= 11 is 12.9. The number of carbonyl (C=O) groups excluding carboxylic acids is 1. The lowest BCUT2D eigenvalue weighted by Crippen LogP contribution is -2.33. The molecule has 0 saturated carbocycles. The lowest BCUT2D eigenvalue weighted by atomic mass is 9.93. The van der Waals surface area contributed by atoms with Crippen molar-refractivity contribution in [3.63, 3.8) is 0 Å². The van der Waals surface area contributed by atoms with Gasteiger partial charge < -0.3 is 10.0 Å². The zero-order valence-corrected chi connectivity index (χ0v) is 18.5. The number of carbonyl (C=O) groups is 2. The van der Waals surface area contributed by atoms with Gasteiger partial charge in [-0.1, -0.05) is 53.8 Å². The molecule has 1 heterocycles. The number of thioether (sulfide) groups is 1. The third kappa shape index (κ3) is 5.10. The first-order chi connectivity index (χ1) is 13.8. The zero-order chi connectivity index (χ0) is 21.1. The fourth-order valence-corrected chi connectivity index (χ4v) is 4.73. The van der Waals surface area contributed by atoms with Crippen molar-refractivity contribution in [1.29, 1.82) is 0 Å². The van der Waals surface area contributed by atoms with E-state index >= 15 is 0 Å². The third-order valence-electron chi connectivity index (χ3n) is 4.68. The second-order valence-corrected chi connectivity index (χ2v) is 9.06. The molecule has 0 radical (unpaired) electrons. The van der Waals surface area contributed by atoms with Crippen LogP contribution in [0.1, 0.15) is 24.8 Å². The Balaban J connectivity index is 1.86. The van der Waals surface area contributed by atoms with E-state index < -0.39 is 12.5 Å². The van der Waals surface area contributed by atoms with Crippen molar-refractivity contribution in [1.82, 2.24) is 4.90 Å². The van der Waals surface area contributed by atoms with Gasteiger partial charge in [-0.3, -0.25) is 14.5 Å². The summed E-state index contributed by atoms with van der Waals surface area (Å²) in [5.41, 5.74) is 4.10. The second-order valence-electron chi connectivity index (χ2n) is 7.01. The Labute approximate surface area is 184 Å². The highest BCUT2D eigenvalue weighted by Gasteiger charge is 2.33. The average molecular weight is 449 g/mol. The van der Waals surface area contributed by atoms with Crippen molar-refractivity contribution in [2.45, 2.75) is 19.3 Å². The number of halogens is 1. The number of hydrogen-bond donors (Lipinski definition) is 1. The van der Waals surface area contributed by atoms with Crippen LogP contribution in [-0.4, -0.2) is 46.8 Å². The maximum atomic E-state index is 12.5. The molecule has 0 unspecified atom stereocenters. The highest BCUT2D eigenvalue weighted by Crippen LogP contribution is 2.38. The minimum absolute atomic E-state index is 0.257. The van der Waals surface area contributed by atoms with Crippen LogP contribution in [0, 0.1) is 0 Å². The molecule has 0 aromatic heterocycles. The molecule has 2 aliphatic rings. The van der Waals surface area contributed by atoms with Gasteiger partial charge in [-0.05, 0) is 54.2 Å². The molecule has 1 fully saturated rings. The monoisotopic (exact) mass is 448 g/mol. The van der Waals surface area contributed by atoms with Gasteiger partial charge in [0.25, 0.3) is 5.91 Å². The van der Waals surface area contributed by atoms with Gasteiger partial charge in [0.1, 0.15) is 10.9 Å². The van der Waals surface area contributed by atoms with Gasteiger partial charge in [-0.2, -0.15) is 0 Å². The predicted octanol–water partition coefficient (Wildman–Crippen LogP) is 4.64. The topological polar surface area (TPSA) is 60.9 Å². The Hall–Kier alpha value is -2.09. The molecule has 152 valence electrons. The quantitative estimate of drug-likeness (QED) is 0.523. The molecule has 0 atom stereocenters. The van der Waals surface area contributed by atoms with Crippen molar-refractivity contribution in [2.24, 2.45) is 0 Å². The van der Waals surface area contributed by atoms with E-state index in [4.69, 9.17) is 28.9 Å². The molecule has 1 N–H and O–H groups in total. The number of amides is 1. The van der Waals surface area contributed by atoms with E-state index in [2.05, 4.69) is 30.3 Å². The first-order valence-corrected chi connectivity index (χ1v) is 10.7. The van der Waals surface area contributed by atoms with Crippen LogP contribution in [0.15, 0.2) is 51.4 Å². The highest BCUT2D eigenvalue weighted by atomic mass is 35.5. The van der Waals surface area contributed by atoms with Crippen molar-refractivity contribution in [3.8, 4) is 0 Å². The number of carboxylic acids is 1. The van der Waals surface area contributed by atoms with Crippen LogP contribution < -0.4 is 4.90 Å². The SMILES string of the molecule is CN(C)c1ccc(/C=C2\CCCC(/C=C3/SC(=S)N(CC(=O)O)C3=O)=C2Cl)cc1. The standard InChI is InChI=1S/C21H21ClN2O3S2/c1-23(2)16-8-6-13(7-9-16)10-14-4-3-5-15(19(14)22)11-17-20(27)24(12-18(25)26)21(28)29-17/h6-11H,3-5,12H2,1-2H3,(H,25,26)/b14-10+,17-11+. The Kier molecular flexibility index (Phi) is 6.82. The molecule has 0 bridgehead atoms. The molecule has 1 amide bonds. The van der Waals surface area contributed by atoms with Crippen molar-refractivity contribution in [2.75, 3.05) is 25.5 Å². The second kappa shape index (κ2) is 9.15. The fourth-order valence-electron chi connectivity index (χ4n) is 3.17. The molecule has 1 saturated heterocycles. The maximum Gasteiger partial charge on any atom is 0.323 e. The van der Waals surface area contributed by atoms with Gasteiger partial charge in [0.05, 0.1) is 4.91 Å². The van der Waals surface area contributed by atoms with E-state index in [0.29, 0.717) is 9.94 Å².